The van der Waals surface area contributed by atoms with Gasteiger partial charge in [0.05, 0.1) is 41.4 Å². The minimum absolute atomic E-state index is 0.144. The second-order valence-corrected chi connectivity index (χ2v) is 19.3. The minimum atomic E-state index is -0.546. The predicted molar refractivity (Wildman–Crippen MR) is 248 cm³/mol. The Labute approximate surface area is 384 Å². The molecule has 1 aromatic carbocycles. The number of carbonyl (C=O) groups excluding carboxylic acids is 3. The van der Waals surface area contributed by atoms with Crippen LogP contribution in [0.25, 0.3) is 28.0 Å². The van der Waals surface area contributed by atoms with Crippen molar-refractivity contribution in [3.63, 3.8) is 0 Å². The molecule has 1 atom stereocenters. The monoisotopic (exact) mass is 894 g/mol. The summed E-state index contributed by atoms with van der Waals surface area (Å²) in [5.41, 5.74) is 5.01. The van der Waals surface area contributed by atoms with Crippen molar-refractivity contribution in [2.45, 2.75) is 133 Å². The molecule has 16 heteroatoms. The lowest BCUT2D eigenvalue weighted by molar-refractivity contribution is -0.134. The summed E-state index contributed by atoms with van der Waals surface area (Å²) >= 11 is 0. The van der Waals surface area contributed by atoms with Gasteiger partial charge in [0.25, 0.3) is 0 Å². The Balaban J connectivity index is 0.755. The number of benzene rings is 1. The zero-order valence-electron chi connectivity index (χ0n) is 37.7. The Hall–Kier alpha value is -6.21. The first-order valence-corrected chi connectivity index (χ1v) is 24.2. The number of rotatable bonds is 11. The highest BCUT2D eigenvalue weighted by atomic mass is 19.1. The van der Waals surface area contributed by atoms with E-state index in [9.17, 15) is 19.6 Å². The highest BCUT2D eigenvalue weighted by molar-refractivity contribution is 6.01. The van der Waals surface area contributed by atoms with Crippen molar-refractivity contribution in [3.05, 3.63) is 78.3 Å². The average molecular weight is 895 g/mol. The lowest BCUT2D eigenvalue weighted by Gasteiger charge is -2.41. The van der Waals surface area contributed by atoms with Crippen LogP contribution in [-0.4, -0.2) is 96.3 Å². The molecule has 0 unspecified atom stereocenters. The number of carbonyl (C=O) groups is 3. The van der Waals surface area contributed by atoms with E-state index >= 15 is 4.39 Å². The van der Waals surface area contributed by atoms with Crippen LogP contribution in [0.15, 0.2) is 61.3 Å². The number of hydrogen-bond donors (Lipinski definition) is 3. The first-order chi connectivity index (χ1) is 32.2. The van der Waals surface area contributed by atoms with E-state index < -0.39 is 6.04 Å². The molecule has 15 nitrogen and oxygen atoms in total. The number of nitrogens with one attached hydrogen (secondary N) is 3. The lowest BCUT2D eigenvalue weighted by atomic mass is 9.75. The van der Waals surface area contributed by atoms with E-state index in [1.54, 1.807) is 10.7 Å². The van der Waals surface area contributed by atoms with Crippen molar-refractivity contribution in [2.24, 2.45) is 5.41 Å². The number of halogens is 1. The number of amides is 3. The summed E-state index contributed by atoms with van der Waals surface area (Å²) in [6.45, 7) is 5.51. The van der Waals surface area contributed by atoms with Crippen molar-refractivity contribution in [1.82, 2.24) is 44.9 Å². The molecule has 3 saturated heterocycles. The number of pyridine rings is 1. The summed E-state index contributed by atoms with van der Waals surface area (Å²) in [5, 5.41) is 28.2. The van der Waals surface area contributed by atoms with Crippen LogP contribution in [-0.2, 0) is 14.4 Å². The Morgan fingerprint density at radius 2 is 1.67 bits per heavy atom. The maximum absolute atomic E-state index is 15.4. The molecule has 3 aliphatic heterocycles. The average Bonchev–Trinajstić information content (AvgIpc) is 4.15. The van der Waals surface area contributed by atoms with Gasteiger partial charge in [0.1, 0.15) is 34.8 Å². The molecule has 344 valence electrons. The lowest BCUT2D eigenvalue weighted by Crippen LogP contribution is -2.50. The highest BCUT2D eigenvalue weighted by Gasteiger charge is 2.41. The van der Waals surface area contributed by atoms with E-state index in [2.05, 4.69) is 54.7 Å². The molecule has 0 spiro atoms. The van der Waals surface area contributed by atoms with Crippen LogP contribution in [0, 0.1) is 22.6 Å². The van der Waals surface area contributed by atoms with Gasteiger partial charge in [-0.25, -0.2) is 18.9 Å². The molecule has 4 aromatic heterocycles. The maximum Gasteiger partial charge on any atom is 0.249 e. The van der Waals surface area contributed by atoms with Gasteiger partial charge in [-0.15, -0.1) is 0 Å². The van der Waals surface area contributed by atoms with Crippen LogP contribution in [0.5, 0.6) is 0 Å². The van der Waals surface area contributed by atoms with E-state index in [0.29, 0.717) is 46.7 Å². The topological polar surface area (TPSA) is 178 Å². The van der Waals surface area contributed by atoms with Gasteiger partial charge >= 0.3 is 0 Å². The van der Waals surface area contributed by atoms with E-state index in [1.165, 1.54) is 18.9 Å². The summed E-state index contributed by atoms with van der Waals surface area (Å²) in [7, 11) is 0. The van der Waals surface area contributed by atoms with E-state index in [1.807, 2.05) is 42.9 Å². The van der Waals surface area contributed by atoms with Gasteiger partial charge in [-0.1, -0.05) is 25.8 Å². The van der Waals surface area contributed by atoms with Gasteiger partial charge < -0.3 is 20.4 Å². The highest BCUT2D eigenvalue weighted by Crippen LogP contribution is 2.39. The smallest absolute Gasteiger partial charge is 0.249 e. The van der Waals surface area contributed by atoms with Crippen LogP contribution in [0.3, 0.4) is 0 Å². The number of piperidine rings is 3. The number of fused-ring (bicyclic) bond motifs is 1. The van der Waals surface area contributed by atoms with Crippen LogP contribution >= 0.6 is 0 Å². The molecule has 0 bridgehead atoms. The van der Waals surface area contributed by atoms with Crippen molar-refractivity contribution < 1.29 is 18.8 Å². The third-order valence-corrected chi connectivity index (χ3v) is 15.5. The van der Waals surface area contributed by atoms with Gasteiger partial charge in [0.15, 0.2) is 0 Å². The Kier molecular flexibility index (Phi) is 12.3. The molecule has 2 aliphatic carbocycles. The van der Waals surface area contributed by atoms with E-state index in [0.717, 1.165) is 119 Å². The molecule has 2 saturated carbocycles. The fraction of sp³-hybridized carbons (Fsp3) is 0.520. The molecule has 5 aliphatic rings. The summed E-state index contributed by atoms with van der Waals surface area (Å²) in [6, 6.07) is 12.0. The van der Waals surface area contributed by atoms with Gasteiger partial charge in [-0.05, 0) is 126 Å². The Morgan fingerprint density at radius 1 is 0.894 bits per heavy atom. The number of anilines is 2. The van der Waals surface area contributed by atoms with Gasteiger partial charge in [-0.3, -0.25) is 24.4 Å². The number of nitriles is 1. The second-order valence-electron chi connectivity index (χ2n) is 19.3. The molecule has 10 rings (SSSR count). The third-order valence-electron chi connectivity index (χ3n) is 15.5. The van der Waals surface area contributed by atoms with Crippen molar-refractivity contribution in [3.8, 4) is 28.6 Å². The summed E-state index contributed by atoms with van der Waals surface area (Å²) in [4.78, 5) is 52.0. The summed E-state index contributed by atoms with van der Waals surface area (Å²) < 4.78 is 19.2. The first kappa shape index (κ1) is 43.7. The molecule has 5 fully saturated rings. The first-order valence-electron chi connectivity index (χ1n) is 24.2. The fourth-order valence-corrected chi connectivity index (χ4v) is 11.4. The van der Waals surface area contributed by atoms with Crippen LogP contribution in [0.2, 0.25) is 0 Å². The van der Waals surface area contributed by atoms with Crippen LogP contribution in [0.4, 0.5) is 15.9 Å². The third kappa shape index (κ3) is 8.77. The molecular formula is C50H59FN12O3. The summed E-state index contributed by atoms with van der Waals surface area (Å²) in [6.07, 6.45) is 22.8. The molecule has 0 radical (unpaired) electrons. The molecule has 5 aromatic rings. The van der Waals surface area contributed by atoms with Gasteiger partial charge in [-0.2, -0.15) is 15.5 Å². The van der Waals surface area contributed by atoms with Crippen molar-refractivity contribution in [1.29, 1.82) is 5.26 Å². The number of nitrogens with zero attached hydrogens (tertiary/aromatic N) is 9. The number of likely N-dealkylation sites (tertiary alicyclic amines) is 1. The van der Waals surface area contributed by atoms with Crippen molar-refractivity contribution in [2.75, 3.05) is 36.4 Å². The summed E-state index contributed by atoms with van der Waals surface area (Å²) in [5.74, 6) is 0.325. The van der Waals surface area contributed by atoms with Crippen LogP contribution in [0.1, 0.15) is 126 Å². The largest absolute Gasteiger partial charge is 0.374 e. The molecule has 3 N–H and O–H groups in total. The number of hydrogen-bond acceptors (Lipinski definition) is 11. The van der Waals surface area contributed by atoms with Gasteiger partial charge in [0, 0.05) is 60.8 Å². The quantitative estimate of drug-likeness (QED) is 0.113. The normalized spacial score (nSPS) is 23.2. The van der Waals surface area contributed by atoms with Crippen LogP contribution < -0.4 is 20.9 Å². The zero-order chi connectivity index (χ0) is 45.4. The fourth-order valence-electron chi connectivity index (χ4n) is 11.4. The molecule has 66 heavy (non-hydrogen) atoms. The molecule has 3 amide bonds. The van der Waals surface area contributed by atoms with E-state index in [-0.39, 0.29) is 47.3 Å². The van der Waals surface area contributed by atoms with Crippen molar-refractivity contribution >= 4 is 34.7 Å². The zero-order valence-corrected chi connectivity index (χ0v) is 37.7. The molecule has 7 heterocycles. The standard InChI is InChI=1S/C50H59FN12O3/c1-2-50(49(66)57-36-5-3-4-6-36)19-23-61(24-20-50)44-15-7-33(27-53-44)46-47-34(26-52)28-55-63(47)31-43(58-46)35-29-54-62(30-35)39-11-9-38(10-12-39)60-21-17-32(18-22-60)40-13-8-37(25-41(40)51)56-42-14-16-45(64)59-48(42)65/h7-8,13,15,25,27-32,36,38-39,42,56H,2-6,9-12,14,16-24H2,1H3,(H,57,66)(H,59,64,65)/t38?,39?,42-/m0/s1. The van der Waals surface area contributed by atoms with E-state index in [4.69, 9.17) is 15.1 Å². The SMILES string of the molecule is CCC1(C(=O)NC2CCCC2)CCN(c2ccc(-c3nc(-c4cnn(C5CCC(N6CCC(c7ccc(N[C@H]8CCC(=O)NC8=O)cc7F)CC6)CC5)c4)cn4ncc(C#N)c34)cn2)CC1. The molecular weight excluding hydrogens is 836 g/mol. The number of imide groups is 1. The Morgan fingerprint density at radius 3 is 2.36 bits per heavy atom. The Bertz CT molecular complexity index is 2620. The maximum atomic E-state index is 15.4. The van der Waals surface area contributed by atoms with Gasteiger partial charge in [0.2, 0.25) is 17.7 Å². The minimum Gasteiger partial charge on any atom is -0.374 e. The predicted octanol–water partition coefficient (Wildman–Crippen LogP) is 7.30. The number of aromatic nitrogens is 6. The second kappa shape index (κ2) is 18.6.